The largest absolute Gasteiger partial charge is 0.390 e. The molecular formula is C9H13F2N3O4. The van der Waals surface area contributed by atoms with Crippen LogP contribution in [-0.4, -0.2) is 72.0 Å². The molecule has 1 heterocycles. The summed E-state index contributed by atoms with van der Waals surface area (Å²) in [7, 11) is 1.39. The number of alkyl halides is 2. The van der Waals surface area contributed by atoms with Gasteiger partial charge in [-0.3, -0.25) is 14.5 Å². The first-order valence-corrected chi connectivity index (χ1v) is 5.07. The minimum atomic E-state index is -3.43. The molecule has 102 valence electrons. The van der Waals surface area contributed by atoms with Gasteiger partial charge in [0.1, 0.15) is 19.7 Å². The van der Waals surface area contributed by atoms with E-state index in [-0.39, 0.29) is 6.54 Å². The fraction of sp³-hybridized carbons (Fsp3) is 0.667. The van der Waals surface area contributed by atoms with Gasteiger partial charge in [0.05, 0.1) is 6.54 Å². The Morgan fingerprint density at radius 2 is 2.11 bits per heavy atom. The van der Waals surface area contributed by atoms with E-state index in [4.69, 9.17) is 5.11 Å². The van der Waals surface area contributed by atoms with Crippen LogP contribution in [0.4, 0.5) is 13.6 Å². The fourth-order valence-corrected chi connectivity index (χ4v) is 1.31. The van der Waals surface area contributed by atoms with Crippen LogP contribution in [0.25, 0.3) is 0 Å². The number of carbonyl (C=O) groups excluding carboxylic acids is 3. The number of amides is 4. The van der Waals surface area contributed by atoms with Crippen molar-refractivity contribution in [1.29, 1.82) is 0 Å². The van der Waals surface area contributed by atoms with Crippen molar-refractivity contribution in [3.8, 4) is 0 Å². The molecule has 0 spiro atoms. The molecule has 7 nitrogen and oxygen atoms in total. The Bertz CT molecular complexity index is 375. The summed E-state index contributed by atoms with van der Waals surface area (Å²) >= 11 is 0. The zero-order valence-corrected chi connectivity index (χ0v) is 9.65. The van der Waals surface area contributed by atoms with Crippen LogP contribution in [0, 0.1) is 0 Å². The number of carbonyl (C=O) groups is 3. The molecule has 0 aromatic carbocycles. The summed E-state index contributed by atoms with van der Waals surface area (Å²) in [4.78, 5) is 35.7. The second-order valence-corrected chi connectivity index (χ2v) is 3.91. The number of hydrogen-bond acceptors (Lipinski definition) is 4. The van der Waals surface area contributed by atoms with E-state index in [2.05, 4.69) is 0 Å². The third-order valence-electron chi connectivity index (χ3n) is 2.31. The molecule has 0 radical (unpaired) electrons. The summed E-state index contributed by atoms with van der Waals surface area (Å²) < 4.78 is 25.2. The average Bonchev–Trinajstić information content (AvgIpc) is 2.54. The number of halogens is 2. The Balaban J connectivity index is 2.46. The van der Waals surface area contributed by atoms with E-state index in [1.807, 2.05) is 5.32 Å². The SMILES string of the molecule is CN1CC(=O)N(CC(=O)NCC(F)(F)CO)C1=O. The maximum atomic E-state index is 12.6. The lowest BCUT2D eigenvalue weighted by molar-refractivity contribution is -0.131. The minimum absolute atomic E-state index is 0.140. The minimum Gasteiger partial charge on any atom is -0.390 e. The number of nitrogens with one attached hydrogen (secondary N) is 1. The van der Waals surface area contributed by atoms with Gasteiger partial charge < -0.3 is 15.3 Å². The molecule has 0 bridgehead atoms. The molecule has 0 atom stereocenters. The molecule has 9 heteroatoms. The fourth-order valence-electron chi connectivity index (χ4n) is 1.31. The predicted octanol–water partition coefficient (Wildman–Crippen LogP) is -1.38. The van der Waals surface area contributed by atoms with Crippen molar-refractivity contribution < 1.29 is 28.3 Å². The Morgan fingerprint density at radius 3 is 2.56 bits per heavy atom. The molecule has 1 aliphatic rings. The first-order valence-electron chi connectivity index (χ1n) is 5.07. The standard InChI is InChI=1S/C9H13F2N3O4/c1-13-3-7(17)14(8(13)18)2-6(16)12-4-9(10,11)5-15/h15H,2-5H2,1H3,(H,12,16). The van der Waals surface area contributed by atoms with Gasteiger partial charge in [0.15, 0.2) is 0 Å². The second kappa shape index (κ2) is 5.25. The van der Waals surface area contributed by atoms with E-state index in [1.165, 1.54) is 7.05 Å². The highest BCUT2D eigenvalue weighted by Gasteiger charge is 2.35. The van der Waals surface area contributed by atoms with Crippen molar-refractivity contribution in [2.24, 2.45) is 0 Å². The summed E-state index contributed by atoms with van der Waals surface area (Å²) in [5.74, 6) is -4.88. The second-order valence-electron chi connectivity index (χ2n) is 3.91. The van der Waals surface area contributed by atoms with Gasteiger partial charge in [-0.1, -0.05) is 0 Å². The number of aliphatic hydroxyl groups excluding tert-OH is 1. The molecule has 2 N–H and O–H groups in total. The third-order valence-corrected chi connectivity index (χ3v) is 2.31. The van der Waals surface area contributed by atoms with Crippen LogP contribution in [-0.2, 0) is 9.59 Å². The van der Waals surface area contributed by atoms with Crippen molar-refractivity contribution in [3.05, 3.63) is 0 Å². The Labute approximate surface area is 101 Å². The monoisotopic (exact) mass is 265 g/mol. The quantitative estimate of drug-likeness (QED) is 0.600. The van der Waals surface area contributed by atoms with Crippen molar-refractivity contribution in [1.82, 2.24) is 15.1 Å². The highest BCUT2D eigenvalue weighted by atomic mass is 19.3. The summed E-state index contributed by atoms with van der Waals surface area (Å²) in [6.07, 6.45) is 0. The smallest absolute Gasteiger partial charge is 0.327 e. The molecule has 4 amide bonds. The molecule has 1 aliphatic heterocycles. The number of likely N-dealkylation sites (N-methyl/N-ethyl adjacent to an activating group) is 1. The molecule has 0 unspecified atom stereocenters. The lowest BCUT2D eigenvalue weighted by Crippen LogP contribution is -2.45. The first-order chi connectivity index (χ1) is 8.26. The van der Waals surface area contributed by atoms with Crippen LogP contribution in [0.3, 0.4) is 0 Å². The van der Waals surface area contributed by atoms with Gasteiger partial charge in [0.2, 0.25) is 5.91 Å². The van der Waals surface area contributed by atoms with Crippen LogP contribution < -0.4 is 5.32 Å². The van der Waals surface area contributed by atoms with E-state index in [1.54, 1.807) is 0 Å². The van der Waals surface area contributed by atoms with Crippen LogP contribution in [0.5, 0.6) is 0 Å². The topological polar surface area (TPSA) is 90.0 Å². The van der Waals surface area contributed by atoms with Crippen molar-refractivity contribution in [3.63, 3.8) is 0 Å². The molecule has 0 aromatic rings. The number of nitrogens with zero attached hydrogens (tertiary/aromatic N) is 2. The number of imide groups is 1. The maximum absolute atomic E-state index is 12.6. The highest BCUT2D eigenvalue weighted by molar-refractivity contribution is 6.04. The van der Waals surface area contributed by atoms with Crippen molar-refractivity contribution in [2.75, 3.05) is 33.3 Å². The summed E-state index contributed by atoms with van der Waals surface area (Å²) in [5, 5.41) is 10.1. The normalized spacial score (nSPS) is 16.4. The molecule has 18 heavy (non-hydrogen) atoms. The number of hydrogen-bond donors (Lipinski definition) is 2. The van der Waals surface area contributed by atoms with Crippen LogP contribution in [0.2, 0.25) is 0 Å². The summed E-state index contributed by atoms with van der Waals surface area (Å²) in [5.41, 5.74) is 0. The van der Waals surface area contributed by atoms with Gasteiger partial charge in [-0.2, -0.15) is 0 Å². The van der Waals surface area contributed by atoms with Gasteiger partial charge in [0.25, 0.3) is 11.8 Å². The highest BCUT2D eigenvalue weighted by Crippen LogP contribution is 2.10. The van der Waals surface area contributed by atoms with Gasteiger partial charge in [-0.25, -0.2) is 13.6 Å². The number of rotatable bonds is 5. The van der Waals surface area contributed by atoms with E-state index in [9.17, 15) is 23.2 Å². The van der Waals surface area contributed by atoms with Gasteiger partial charge >= 0.3 is 6.03 Å². The lowest BCUT2D eigenvalue weighted by Gasteiger charge is -2.16. The Hall–Kier alpha value is -1.77. The summed E-state index contributed by atoms with van der Waals surface area (Å²) in [6, 6.07) is -0.649. The van der Waals surface area contributed by atoms with Gasteiger partial charge in [0, 0.05) is 7.05 Å². The van der Waals surface area contributed by atoms with Crippen LogP contribution in [0.1, 0.15) is 0 Å². The van der Waals surface area contributed by atoms with E-state index in [0.29, 0.717) is 4.90 Å². The third kappa shape index (κ3) is 3.36. The van der Waals surface area contributed by atoms with Gasteiger partial charge in [-0.15, -0.1) is 0 Å². The zero-order chi connectivity index (χ0) is 13.9. The van der Waals surface area contributed by atoms with Crippen molar-refractivity contribution in [2.45, 2.75) is 5.92 Å². The predicted molar refractivity (Wildman–Crippen MR) is 54.8 cm³/mol. The maximum Gasteiger partial charge on any atom is 0.327 e. The van der Waals surface area contributed by atoms with Crippen LogP contribution in [0.15, 0.2) is 0 Å². The first kappa shape index (κ1) is 14.3. The molecule has 1 fully saturated rings. The van der Waals surface area contributed by atoms with E-state index < -0.39 is 43.5 Å². The molecule has 1 saturated heterocycles. The Morgan fingerprint density at radius 1 is 1.50 bits per heavy atom. The molecular weight excluding hydrogens is 252 g/mol. The molecule has 0 aromatic heterocycles. The molecule has 1 rings (SSSR count). The lowest BCUT2D eigenvalue weighted by atomic mass is 10.3. The number of aliphatic hydroxyl groups is 1. The molecule has 0 aliphatic carbocycles. The van der Waals surface area contributed by atoms with Crippen molar-refractivity contribution >= 4 is 17.8 Å². The van der Waals surface area contributed by atoms with Crippen LogP contribution >= 0.6 is 0 Å². The summed E-state index contributed by atoms with van der Waals surface area (Å²) in [6.45, 7) is -3.19. The average molecular weight is 265 g/mol. The van der Waals surface area contributed by atoms with E-state index in [0.717, 1.165) is 4.90 Å². The Kier molecular flexibility index (Phi) is 4.17. The zero-order valence-electron chi connectivity index (χ0n) is 9.65. The van der Waals surface area contributed by atoms with Gasteiger partial charge in [-0.05, 0) is 0 Å². The molecule has 0 saturated carbocycles. The number of urea groups is 1. The van der Waals surface area contributed by atoms with E-state index >= 15 is 0 Å².